The molecule has 2 N–H and O–H groups in total. The van der Waals surface area contributed by atoms with Crippen molar-refractivity contribution in [1.29, 1.82) is 0 Å². The van der Waals surface area contributed by atoms with Gasteiger partial charge in [-0.2, -0.15) is 0 Å². The summed E-state index contributed by atoms with van der Waals surface area (Å²) in [7, 11) is 3.75. The van der Waals surface area contributed by atoms with Crippen LogP contribution in [0.2, 0.25) is 0 Å². The topological polar surface area (TPSA) is 76.6 Å². The number of hydrogen-bond acceptors (Lipinski definition) is 3. The highest BCUT2D eigenvalue weighted by atomic mass is 127. The van der Waals surface area contributed by atoms with Crippen LogP contribution < -0.4 is 10.2 Å². The van der Waals surface area contributed by atoms with E-state index in [1.165, 1.54) is 5.56 Å². The van der Waals surface area contributed by atoms with Crippen LogP contribution in [0, 0.1) is 0 Å². The van der Waals surface area contributed by atoms with E-state index in [9.17, 15) is 4.79 Å². The number of benzene rings is 2. The average Bonchev–Trinajstić information content (AvgIpc) is 3.47. The molecule has 1 aliphatic heterocycles. The standard InChI is InChI=1S/C25H30N6O.HI/c1-26-25(30(2)18-23-28-17-21(29-23)19-9-4-3-5-10-19)27-15-8-13-24(32)31-16-14-20-11-6-7-12-22(20)31;/h3-7,9-12,17H,8,13-16,18H2,1-2H3,(H,26,27)(H,28,29);1H. The molecular formula is C25H31IN6O. The van der Waals surface area contributed by atoms with Crippen LogP contribution in [0.25, 0.3) is 11.3 Å². The number of guanidine groups is 1. The number of carbonyl (C=O) groups excluding carboxylic acids is 1. The monoisotopic (exact) mass is 558 g/mol. The summed E-state index contributed by atoms with van der Waals surface area (Å²) in [4.78, 5) is 28.8. The van der Waals surface area contributed by atoms with Crippen molar-refractivity contribution >= 4 is 41.5 Å². The Morgan fingerprint density at radius 2 is 1.94 bits per heavy atom. The number of nitrogens with zero attached hydrogens (tertiary/aromatic N) is 4. The van der Waals surface area contributed by atoms with Gasteiger partial charge in [-0.05, 0) is 30.0 Å². The quantitative estimate of drug-likeness (QED) is 0.199. The number of amides is 1. The normalized spacial score (nSPS) is 12.8. The number of fused-ring (bicyclic) bond motifs is 1. The van der Waals surface area contributed by atoms with E-state index >= 15 is 0 Å². The van der Waals surface area contributed by atoms with Crippen LogP contribution >= 0.6 is 24.0 Å². The maximum atomic E-state index is 12.7. The predicted molar refractivity (Wildman–Crippen MR) is 144 cm³/mol. The van der Waals surface area contributed by atoms with Crippen molar-refractivity contribution < 1.29 is 4.79 Å². The Kier molecular flexibility index (Phi) is 8.87. The highest BCUT2D eigenvalue weighted by molar-refractivity contribution is 14.0. The van der Waals surface area contributed by atoms with Crippen molar-refractivity contribution in [2.45, 2.75) is 25.8 Å². The molecule has 0 spiro atoms. The van der Waals surface area contributed by atoms with Crippen LogP contribution in [0.15, 0.2) is 65.8 Å². The molecular weight excluding hydrogens is 527 g/mol. The predicted octanol–water partition coefficient (Wildman–Crippen LogP) is 4.07. The van der Waals surface area contributed by atoms with Crippen molar-refractivity contribution in [1.82, 2.24) is 20.2 Å². The Morgan fingerprint density at radius 1 is 1.18 bits per heavy atom. The molecule has 2 heterocycles. The van der Waals surface area contributed by atoms with Gasteiger partial charge in [-0.1, -0.05) is 48.5 Å². The smallest absolute Gasteiger partial charge is 0.227 e. The number of para-hydroxylation sites is 1. The van der Waals surface area contributed by atoms with Crippen molar-refractivity contribution in [3.05, 3.63) is 72.2 Å². The number of nitrogens with one attached hydrogen (secondary N) is 2. The second-order valence-corrected chi connectivity index (χ2v) is 7.97. The van der Waals surface area contributed by atoms with Crippen LogP contribution in [-0.4, -0.2) is 53.9 Å². The maximum Gasteiger partial charge on any atom is 0.227 e. The van der Waals surface area contributed by atoms with Gasteiger partial charge in [0.2, 0.25) is 5.91 Å². The molecule has 8 heteroatoms. The maximum absolute atomic E-state index is 12.7. The van der Waals surface area contributed by atoms with Crippen molar-refractivity contribution in [3.63, 3.8) is 0 Å². The molecule has 0 fully saturated rings. The second kappa shape index (κ2) is 11.8. The lowest BCUT2D eigenvalue weighted by Gasteiger charge is -2.21. The first-order chi connectivity index (χ1) is 15.7. The second-order valence-electron chi connectivity index (χ2n) is 7.97. The SMILES string of the molecule is CN=C(NCCCC(=O)N1CCc2ccccc21)N(C)Cc1ncc(-c2ccccc2)[nH]1.I. The Hall–Kier alpha value is -2.88. The number of imidazole rings is 1. The summed E-state index contributed by atoms with van der Waals surface area (Å²) in [5.41, 5.74) is 4.43. The Labute approximate surface area is 212 Å². The van der Waals surface area contributed by atoms with Gasteiger partial charge in [0.05, 0.1) is 18.4 Å². The molecule has 0 atom stereocenters. The van der Waals surface area contributed by atoms with Crippen LogP contribution in [0.3, 0.4) is 0 Å². The number of aromatic amines is 1. The Bertz CT molecular complexity index is 1080. The van der Waals surface area contributed by atoms with Crippen LogP contribution in [0.4, 0.5) is 5.69 Å². The van der Waals surface area contributed by atoms with Gasteiger partial charge in [0.15, 0.2) is 5.96 Å². The van der Waals surface area contributed by atoms with E-state index in [-0.39, 0.29) is 29.9 Å². The molecule has 7 nitrogen and oxygen atoms in total. The summed E-state index contributed by atoms with van der Waals surface area (Å²) in [6.45, 7) is 2.08. The minimum atomic E-state index is 0. The number of H-pyrrole nitrogens is 1. The van der Waals surface area contributed by atoms with E-state index < -0.39 is 0 Å². The first-order valence-electron chi connectivity index (χ1n) is 11.0. The van der Waals surface area contributed by atoms with Crippen LogP contribution in [0.1, 0.15) is 24.2 Å². The fraction of sp³-hybridized carbons (Fsp3) is 0.320. The van der Waals surface area contributed by atoms with Gasteiger partial charge in [0.25, 0.3) is 0 Å². The number of anilines is 1. The fourth-order valence-corrected chi connectivity index (χ4v) is 4.06. The highest BCUT2D eigenvalue weighted by Crippen LogP contribution is 2.28. The van der Waals surface area contributed by atoms with Crippen LogP contribution in [0.5, 0.6) is 0 Å². The molecule has 1 aromatic heterocycles. The molecule has 174 valence electrons. The summed E-state index contributed by atoms with van der Waals surface area (Å²) in [6.07, 6.45) is 4.07. The molecule has 0 saturated carbocycles. The van der Waals surface area contributed by atoms with Gasteiger partial charge < -0.3 is 20.1 Å². The molecule has 2 aromatic carbocycles. The van der Waals surface area contributed by atoms with E-state index in [2.05, 4.69) is 38.5 Å². The van der Waals surface area contributed by atoms with Gasteiger partial charge in [-0.25, -0.2) is 4.98 Å². The lowest BCUT2D eigenvalue weighted by atomic mass is 10.2. The third kappa shape index (κ3) is 6.13. The Morgan fingerprint density at radius 3 is 2.73 bits per heavy atom. The number of rotatable bonds is 7. The molecule has 0 aliphatic carbocycles. The Balaban J connectivity index is 0.00000306. The molecule has 0 radical (unpaired) electrons. The third-order valence-electron chi connectivity index (χ3n) is 5.71. The fourth-order valence-electron chi connectivity index (χ4n) is 4.06. The van der Waals surface area contributed by atoms with Gasteiger partial charge in [0.1, 0.15) is 5.82 Å². The number of carbonyl (C=O) groups is 1. The zero-order valence-corrected chi connectivity index (χ0v) is 21.5. The largest absolute Gasteiger partial charge is 0.356 e. The molecule has 1 aliphatic rings. The average molecular weight is 558 g/mol. The molecule has 4 rings (SSSR count). The number of aliphatic imine (C=N–C) groups is 1. The molecule has 1 amide bonds. The first kappa shape index (κ1) is 24.8. The summed E-state index contributed by atoms with van der Waals surface area (Å²) >= 11 is 0. The lowest BCUT2D eigenvalue weighted by Crippen LogP contribution is -2.39. The van der Waals surface area contributed by atoms with Crippen molar-refractivity contribution in [2.24, 2.45) is 4.99 Å². The van der Waals surface area contributed by atoms with E-state index in [1.807, 2.05) is 59.4 Å². The zero-order valence-electron chi connectivity index (χ0n) is 19.1. The van der Waals surface area contributed by atoms with E-state index in [1.54, 1.807) is 7.05 Å². The zero-order chi connectivity index (χ0) is 22.3. The van der Waals surface area contributed by atoms with Gasteiger partial charge in [-0.15, -0.1) is 24.0 Å². The van der Waals surface area contributed by atoms with Gasteiger partial charge in [-0.3, -0.25) is 9.79 Å². The number of aromatic nitrogens is 2. The van der Waals surface area contributed by atoms with Gasteiger partial charge in [0, 0.05) is 39.3 Å². The molecule has 33 heavy (non-hydrogen) atoms. The summed E-state index contributed by atoms with van der Waals surface area (Å²) in [6, 6.07) is 18.3. The lowest BCUT2D eigenvalue weighted by molar-refractivity contribution is -0.118. The molecule has 3 aromatic rings. The number of hydrogen-bond donors (Lipinski definition) is 2. The van der Waals surface area contributed by atoms with E-state index in [4.69, 9.17) is 0 Å². The van der Waals surface area contributed by atoms with Crippen molar-refractivity contribution in [2.75, 3.05) is 32.1 Å². The molecule has 0 saturated heterocycles. The highest BCUT2D eigenvalue weighted by Gasteiger charge is 2.23. The summed E-state index contributed by atoms with van der Waals surface area (Å²) in [5.74, 6) is 1.84. The van der Waals surface area contributed by atoms with E-state index in [0.29, 0.717) is 19.5 Å². The van der Waals surface area contributed by atoms with E-state index in [0.717, 1.165) is 48.1 Å². The van der Waals surface area contributed by atoms with Gasteiger partial charge >= 0.3 is 0 Å². The van der Waals surface area contributed by atoms with Crippen molar-refractivity contribution in [3.8, 4) is 11.3 Å². The molecule has 0 bridgehead atoms. The first-order valence-corrected chi connectivity index (χ1v) is 11.0. The summed E-state index contributed by atoms with van der Waals surface area (Å²) < 4.78 is 0. The molecule has 0 unspecified atom stereocenters. The minimum Gasteiger partial charge on any atom is -0.356 e. The summed E-state index contributed by atoms with van der Waals surface area (Å²) in [5, 5.41) is 3.36. The minimum absolute atomic E-state index is 0. The number of halogens is 1. The van der Waals surface area contributed by atoms with Crippen LogP contribution in [-0.2, 0) is 17.8 Å². The third-order valence-corrected chi connectivity index (χ3v) is 5.71.